The Morgan fingerprint density at radius 2 is 2.38 bits per heavy atom. The minimum absolute atomic E-state index is 0.344. The van der Waals surface area contributed by atoms with Gasteiger partial charge in [-0.05, 0) is 24.2 Å². The number of rotatable bonds is 0. The maximum absolute atomic E-state index is 4.24. The highest BCUT2D eigenvalue weighted by Crippen LogP contribution is 2.22. The SMILES string of the molecule is SC1=CC(S)[CH]CC1. The number of thiol groups is 2. The van der Waals surface area contributed by atoms with Crippen LogP contribution in [0.2, 0.25) is 0 Å². The molecule has 0 saturated heterocycles. The van der Waals surface area contributed by atoms with Crippen LogP contribution in [0.15, 0.2) is 11.0 Å². The van der Waals surface area contributed by atoms with Crippen LogP contribution < -0.4 is 0 Å². The first-order chi connectivity index (χ1) is 3.79. The molecule has 0 aliphatic heterocycles. The molecule has 0 aromatic carbocycles. The fourth-order valence-corrected chi connectivity index (χ4v) is 1.49. The average molecular weight is 145 g/mol. The minimum atomic E-state index is 0.344. The molecular weight excluding hydrogens is 136 g/mol. The number of hydrogen-bond donors (Lipinski definition) is 2. The fourth-order valence-electron chi connectivity index (χ4n) is 0.750. The Kier molecular flexibility index (Phi) is 2.32. The van der Waals surface area contributed by atoms with E-state index in [9.17, 15) is 0 Å². The van der Waals surface area contributed by atoms with E-state index < -0.39 is 0 Å². The Hall–Kier alpha value is 0.440. The highest BCUT2D eigenvalue weighted by Gasteiger charge is 2.06. The Morgan fingerprint density at radius 1 is 1.62 bits per heavy atom. The van der Waals surface area contributed by atoms with Gasteiger partial charge in [-0.2, -0.15) is 12.6 Å². The molecule has 0 nitrogen and oxygen atoms in total. The number of hydrogen-bond acceptors (Lipinski definition) is 2. The molecule has 0 fully saturated rings. The first-order valence-corrected chi connectivity index (χ1v) is 3.66. The van der Waals surface area contributed by atoms with Crippen LogP contribution >= 0.6 is 25.3 Å². The van der Waals surface area contributed by atoms with Gasteiger partial charge in [-0.15, -0.1) is 12.6 Å². The molecule has 0 spiro atoms. The lowest BCUT2D eigenvalue weighted by molar-refractivity contribution is 0.894. The van der Waals surface area contributed by atoms with Crippen molar-refractivity contribution in [2.45, 2.75) is 18.1 Å². The van der Waals surface area contributed by atoms with Crippen LogP contribution in [0.25, 0.3) is 0 Å². The van der Waals surface area contributed by atoms with E-state index in [1.165, 1.54) is 4.91 Å². The van der Waals surface area contributed by atoms with Crippen molar-refractivity contribution in [3.63, 3.8) is 0 Å². The van der Waals surface area contributed by atoms with E-state index in [-0.39, 0.29) is 0 Å². The van der Waals surface area contributed by atoms with Gasteiger partial charge >= 0.3 is 0 Å². The third-order valence-corrected chi connectivity index (χ3v) is 1.90. The first-order valence-electron chi connectivity index (χ1n) is 2.70. The molecule has 1 unspecified atom stereocenters. The fraction of sp³-hybridized carbons (Fsp3) is 0.500. The Bertz CT molecular complexity index is 107. The molecule has 1 rings (SSSR count). The highest BCUT2D eigenvalue weighted by molar-refractivity contribution is 7.84. The van der Waals surface area contributed by atoms with Gasteiger partial charge in [0.15, 0.2) is 0 Å². The summed E-state index contributed by atoms with van der Waals surface area (Å²) in [6.45, 7) is 0. The van der Waals surface area contributed by atoms with Crippen LogP contribution in [0.3, 0.4) is 0 Å². The van der Waals surface area contributed by atoms with Crippen molar-refractivity contribution in [2.75, 3.05) is 0 Å². The standard InChI is InChI=1S/C6H9S2/c7-5-2-1-3-6(8)4-5/h2,4-5,7-8H,1,3H2. The van der Waals surface area contributed by atoms with Crippen LogP contribution in [-0.2, 0) is 0 Å². The van der Waals surface area contributed by atoms with E-state index in [2.05, 4.69) is 37.8 Å². The van der Waals surface area contributed by atoms with Crippen LogP contribution in [0.5, 0.6) is 0 Å². The van der Waals surface area contributed by atoms with Gasteiger partial charge in [0.25, 0.3) is 0 Å². The van der Waals surface area contributed by atoms with Crippen molar-refractivity contribution in [1.29, 1.82) is 0 Å². The zero-order valence-electron chi connectivity index (χ0n) is 4.54. The van der Waals surface area contributed by atoms with Gasteiger partial charge in [-0.1, -0.05) is 6.08 Å². The highest BCUT2D eigenvalue weighted by atomic mass is 32.1. The van der Waals surface area contributed by atoms with Gasteiger partial charge in [0, 0.05) is 5.25 Å². The molecule has 0 aromatic rings. The van der Waals surface area contributed by atoms with E-state index in [1.54, 1.807) is 0 Å². The first kappa shape index (κ1) is 6.56. The smallest absolute Gasteiger partial charge is 0.0238 e. The monoisotopic (exact) mass is 145 g/mol. The van der Waals surface area contributed by atoms with E-state index in [0.717, 1.165) is 12.8 Å². The third-order valence-electron chi connectivity index (χ3n) is 1.17. The lowest BCUT2D eigenvalue weighted by Crippen LogP contribution is -2.00. The maximum atomic E-state index is 4.24. The zero-order chi connectivity index (χ0) is 5.98. The van der Waals surface area contributed by atoms with E-state index in [0.29, 0.717) is 5.25 Å². The average Bonchev–Trinajstić information content (AvgIpc) is 1.64. The van der Waals surface area contributed by atoms with Crippen LogP contribution in [-0.4, -0.2) is 5.25 Å². The topological polar surface area (TPSA) is 0 Å². The summed E-state index contributed by atoms with van der Waals surface area (Å²) in [5.41, 5.74) is 0. The third kappa shape index (κ3) is 1.75. The minimum Gasteiger partial charge on any atom is -0.171 e. The molecule has 1 atom stereocenters. The zero-order valence-corrected chi connectivity index (χ0v) is 6.33. The van der Waals surface area contributed by atoms with Crippen LogP contribution in [0, 0.1) is 6.42 Å². The summed E-state index contributed by atoms with van der Waals surface area (Å²) in [6, 6.07) is 0. The Morgan fingerprint density at radius 3 is 2.75 bits per heavy atom. The Labute approximate surface area is 61.2 Å². The molecule has 0 amide bonds. The second kappa shape index (κ2) is 2.83. The lowest BCUT2D eigenvalue weighted by Gasteiger charge is -2.11. The molecule has 2 heteroatoms. The second-order valence-electron chi connectivity index (χ2n) is 1.92. The lowest BCUT2D eigenvalue weighted by atomic mass is 10.1. The van der Waals surface area contributed by atoms with Crippen molar-refractivity contribution in [3.05, 3.63) is 17.4 Å². The van der Waals surface area contributed by atoms with Crippen molar-refractivity contribution in [1.82, 2.24) is 0 Å². The Balaban J connectivity index is 2.50. The summed E-state index contributed by atoms with van der Waals surface area (Å²) in [5, 5.41) is 0.344. The van der Waals surface area contributed by atoms with Gasteiger partial charge in [-0.25, -0.2) is 0 Å². The molecule has 0 heterocycles. The summed E-state index contributed by atoms with van der Waals surface area (Å²) in [7, 11) is 0. The molecule has 0 N–H and O–H groups in total. The molecule has 1 radical (unpaired) electrons. The van der Waals surface area contributed by atoms with Gasteiger partial charge in [0.1, 0.15) is 0 Å². The van der Waals surface area contributed by atoms with Crippen molar-refractivity contribution in [3.8, 4) is 0 Å². The van der Waals surface area contributed by atoms with Crippen LogP contribution in [0.4, 0.5) is 0 Å². The van der Waals surface area contributed by atoms with E-state index in [4.69, 9.17) is 0 Å². The molecule has 0 saturated carbocycles. The van der Waals surface area contributed by atoms with Gasteiger partial charge < -0.3 is 0 Å². The van der Waals surface area contributed by atoms with Gasteiger partial charge in [0.05, 0.1) is 0 Å². The molecule has 0 bridgehead atoms. The molecule has 1 aliphatic rings. The summed E-state index contributed by atoms with van der Waals surface area (Å²) < 4.78 is 0. The summed E-state index contributed by atoms with van der Waals surface area (Å²) in [6.07, 6.45) is 6.47. The molecule has 1 aliphatic carbocycles. The predicted octanol–water partition coefficient (Wildman–Crippen LogP) is 2.10. The van der Waals surface area contributed by atoms with Crippen molar-refractivity contribution >= 4 is 25.3 Å². The van der Waals surface area contributed by atoms with Crippen LogP contribution in [0.1, 0.15) is 12.8 Å². The normalized spacial score (nSPS) is 29.8. The van der Waals surface area contributed by atoms with E-state index >= 15 is 0 Å². The summed E-state index contributed by atoms with van der Waals surface area (Å²) in [5.74, 6) is 0. The molecular formula is C6H9S2. The van der Waals surface area contributed by atoms with Gasteiger partial charge in [-0.3, -0.25) is 0 Å². The largest absolute Gasteiger partial charge is 0.171 e. The maximum Gasteiger partial charge on any atom is 0.0238 e. The van der Waals surface area contributed by atoms with Crippen molar-refractivity contribution in [2.24, 2.45) is 0 Å². The summed E-state index contributed by atoms with van der Waals surface area (Å²) in [4.78, 5) is 1.17. The molecule has 0 aromatic heterocycles. The second-order valence-corrected chi connectivity index (χ2v) is 3.09. The number of allylic oxidation sites excluding steroid dienone is 1. The van der Waals surface area contributed by atoms with Gasteiger partial charge in [0.2, 0.25) is 0 Å². The molecule has 8 heavy (non-hydrogen) atoms. The van der Waals surface area contributed by atoms with Crippen molar-refractivity contribution < 1.29 is 0 Å². The van der Waals surface area contributed by atoms with E-state index in [1.807, 2.05) is 0 Å². The quantitative estimate of drug-likeness (QED) is 0.479. The molecule has 45 valence electrons. The predicted molar refractivity (Wildman–Crippen MR) is 43.4 cm³/mol. The summed E-state index contributed by atoms with van der Waals surface area (Å²) >= 11 is 8.45.